The van der Waals surface area contributed by atoms with Crippen LogP contribution in [-0.4, -0.2) is 46.6 Å². The number of carbonyl (C=O) groups excluding carboxylic acids is 3. The van der Waals surface area contributed by atoms with Crippen LogP contribution in [0.25, 0.3) is 10.9 Å². The van der Waals surface area contributed by atoms with Crippen LogP contribution >= 0.6 is 0 Å². The van der Waals surface area contributed by atoms with Crippen molar-refractivity contribution in [2.24, 2.45) is 0 Å². The Morgan fingerprint density at radius 2 is 1.80 bits per heavy atom. The van der Waals surface area contributed by atoms with E-state index in [4.69, 9.17) is 4.74 Å². The van der Waals surface area contributed by atoms with Crippen molar-refractivity contribution in [3.63, 3.8) is 0 Å². The van der Waals surface area contributed by atoms with Crippen LogP contribution in [-0.2, 0) is 27.3 Å². The van der Waals surface area contributed by atoms with Gasteiger partial charge in [-0.2, -0.15) is 0 Å². The van der Waals surface area contributed by atoms with E-state index in [2.05, 4.69) is 9.72 Å². The first kappa shape index (κ1) is 22.9. The molecule has 1 saturated heterocycles. The lowest BCUT2D eigenvalue weighted by atomic mass is 10.0. The van der Waals surface area contributed by atoms with E-state index in [9.17, 15) is 27.6 Å². The normalized spacial score (nSPS) is 18.7. The van der Waals surface area contributed by atoms with E-state index >= 15 is 0 Å². The molecule has 11 heteroatoms. The van der Waals surface area contributed by atoms with Gasteiger partial charge in [-0.25, -0.2) is 4.90 Å². The van der Waals surface area contributed by atoms with Gasteiger partial charge in [-0.15, -0.1) is 13.2 Å². The molecule has 1 aromatic heterocycles. The molecular formula is C24H20F3N3O5. The molecule has 1 atom stereocenters. The van der Waals surface area contributed by atoms with Gasteiger partial charge in [-0.3, -0.25) is 19.3 Å². The fourth-order valence-electron chi connectivity index (χ4n) is 4.68. The van der Waals surface area contributed by atoms with Gasteiger partial charge >= 0.3 is 12.3 Å². The zero-order valence-electron chi connectivity index (χ0n) is 18.5. The van der Waals surface area contributed by atoms with Gasteiger partial charge in [0, 0.05) is 43.0 Å². The monoisotopic (exact) mass is 487 g/mol. The Bertz CT molecular complexity index is 1330. The summed E-state index contributed by atoms with van der Waals surface area (Å²) in [6.07, 6.45) is -4.26. The molecule has 3 aromatic rings. The van der Waals surface area contributed by atoms with Gasteiger partial charge in [0.15, 0.2) is 0 Å². The van der Waals surface area contributed by atoms with Crippen LogP contribution in [0.5, 0.6) is 11.5 Å². The predicted molar refractivity (Wildman–Crippen MR) is 118 cm³/mol. The average molecular weight is 487 g/mol. The van der Waals surface area contributed by atoms with Crippen molar-refractivity contribution in [1.29, 1.82) is 0 Å². The van der Waals surface area contributed by atoms with Crippen LogP contribution in [0, 0.1) is 0 Å². The minimum absolute atomic E-state index is 0.00927. The van der Waals surface area contributed by atoms with Crippen LogP contribution < -0.4 is 14.4 Å². The Kier molecular flexibility index (Phi) is 5.51. The SMILES string of the molecule is CC(=O)Oc1ccc(N2C(=O)C[C@H](N3CCc4[nH]c5ccc(OC(F)(F)F)cc5c4C3)C2=O)cc1. The summed E-state index contributed by atoms with van der Waals surface area (Å²) in [7, 11) is 0. The standard InChI is InChI=1S/C24H20F3N3O5/c1-13(31)34-15-4-2-14(3-5-15)30-22(32)11-21(23(30)33)29-9-8-20-18(12-29)17-10-16(35-24(25,26)27)6-7-19(17)28-20/h2-7,10,21,28H,8-9,11-12H2,1H3/t21-/m0/s1. The molecule has 8 nitrogen and oxygen atoms in total. The second kappa shape index (κ2) is 8.42. The topological polar surface area (TPSA) is 91.9 Å². The largest absolute Gasteiger partial charge is 0.573 e. The van der Waals surface area contributed by atoms with Gasteiger partial charge < -0.3 is 14.5 Å². The van der Waals surface area contributed by atoms with Gasteiger partial charge in [-0.1, -0.05) is 0 Å². The number of imide groups is 1. The van der Waals surface area contributed by atoms with Crippen LogP contribution in [0.15, 0.2) is 42.5 Å². The average Bonchev–Trinajstić information content (AvgIpc) is 3.29. The summed E-state index contributed by atoms with van der Waals surface area (Å²) in [4.78, 5) is 43.3. The molecule has 0 saturated carbocycles. The number of aromatic amines is 1. The lowest BCUT2D eigenvalue weighted by molar-refractivity contribution is -0.274. The molecule has 0 radical (unpaired) electrons. The van der Waals surface area contributed by atoms with Crippen molar-refractivity contribution in [3.8, 4) is 11.5 Å². The quantitative estimate of drug-likeness (QED) is 0.343. The zero-order chi connectivity index (χ0) is 24.9. The molecule has 0 spiro atoms. The first-order chi connectivity index (χ1) is 16.6. The number of ether oxygens (including phenoxy) is 2. The van der Waals surface area contributed by atoms with Gasteiger partial charge in [-0.05, 0) is 48.0 Å². The summed E-state index contributed by atoms with van der Waals surface area (Å²) in [6.45, 7) is 2.08. The number of benzene rings is 2. The van der Waals surface area contributed by atoms with Crippen LogP contribution in [0.4, 0.5) is 18.9 Å². The molecule has 0 bridgehead atoms. The fourth-order valence-corrected chi connectivity index (χ4v) is 4.68. The first-order valence-corrected chi connectivity index (χ1v) is 10.9. The van der Waals surface area contributed by atoms with E-state index in [1.54, 1.807) is 0 Å². The summed E-state index contributed by atoms with van der Waals surface area (Å²) in [5.41, 5.74) is 2.71. The number of alkyl halides is 3. The number of hydrogen-bond donors (Lipinski definition) is 1. The van der Waals surface area contributed by atoms with Crippen LogP contribution in [0.3, 0.4) is 0 Å². The molecule has 3 heterocycles. The number of nitrogens with one attached hydrogen (secondary N) is 1. The van der Waals surface area contributed by atoms with E-state index in [-0.39, 0.29) is 24.0 Å². The molecule has 0 aliphatic carbocycles. The van der Waals surface area contributed by atoms with Crippen molar-refractivity contribution in [2.45, 2.75) is 38.7 Å². The maximum absolute atomic E-state index is 13.2. The van der Waals surface area contributed by atoms with Gasteiger partial charge in [0.2, 0.25) is 5.91 Å². The number of nitrogens with zero attached hydrogens (tertiary/aromatic N) is 2. The van der Waals surface area contributed by atoms with E-state index in [0.717, 1.165) is 16.2 Å². The molecule has 1 fully saturated rings. The van der Waals surface area contributed by atoms with Crippen molar-refractivity contribution in [2.75, 3.05) is 11.4 Å². The molecule has 2 aromatic carbocycles. The zero-order valence-corrected chi connectivity index (χ0v) is 18.5. The third-order valence-corrected chi connectivity index (χ3v) is 6.13. The molecule has 2 aliphatic heterocycles. The molecular weight excluding hydrogens is 467 g/mol. The minimum Gasteiger partial charge on any atom is -0.427 e. The van der Waals surface area contributed by atoms with E-state index in [1.807, 2.05) is 4.90 Å². The Hall–Kier alpha value is -3.86. The first-order valence-electron chi connectivity index (χ1n) is 10.9. The van der Waals surface area contributed by atoms with Gasteiger partial charge in [0.05, 0.1) is 18.2 Å². The van der Waals surface area contributed by atoms with Gasteiger partial charge in [0.1, 0.15) is 11.5 Å². The maximum Gasteiger partial charge on any atom is 0.573 e. The van der Waals surface area contributed by atoms with Crippen molar-refractivity contribution < 1.29 is 37.0 Å². The fraction of sp³-hybridized carbons (Fsp3) is 0.292. The Morgan fingerprint density at radius 1 is 1.09 bits per heavy atom. The number of fused-ring (bicyclic) bond motifs is 3. The van der Waals surface area contributed by atoms with Crippen molar-refractivity contribution >= 4 is 34.4 Å². The number of anilines is 1. The van der Waals surface area contributed by atoms with Gasteiger partial charge in [0.25, 0.3) is 5.91 Å². The smallest absolute Gasteiger partial charge is 0.427 e. The van der Waals surface area contributed by atoms with Crippen molar-refractivity contribution in [1.82, 2.24) is 9.88 Å². The Labute approximate surface area is 197 Å². The van der Waals surface area contributed by atoms with Crippen LogP contribution in [0.1, 0.15) is 24.6 Å². The van der Waals surface area contributed by atoms with E-state index in [1.165, 1.54) is 49.4 Å². The Morgan fingerprint density at radius 3 is 2.49 bits per heavy atom. The predicted octanol–water partition coefficient (Wildman–Crippen LogP) is 3.68. The Balaban J connectivity index is 1.37. The number of amides is 2. The number of aromatic nitrogens is 1. The summed E-state index contributed by atoms with van der Waals surface area (Å²) < 4.78 is 47.1. The maximum atomic E-state index is 13.2. The lowest BCUT2D eigenvalue weighted by Crippen LogP contribution is -2.44. The number of H-pyrrole nitrogens is 1. The number of rotatable bonds is 4. The molecule has 2 aliphatic rings. The number of esters is 1. The van der Waals surface area contributed by atoms with Crippen molar-refractivity contribution in [3.05, 3.63) is 53.7 Å². The lowest BCUT2D eigenvalue weighted by Gasteiger charge is -2.31. The summed E-state index contributed by atoms with van der Waals surface area (Å²) >= 11 is 0. The highest BCUT2D eigenvalue weighted by Crippen LogP contribution is 2.35. The van der Waals surface area contributed by atoms with Crippen LogP contribution in [0.2, 0.25) is 0 Å². The highest BCUT2D eigenvalue weighted by atomic mass is 19.4. The number of hydrogen-bond acceptors (Lipinski definition) is 6. The number of carbonyl (C=O) groups is 3. The molecule has 182 valence electrons. The summed E-state index contributed by atoms with van der Waals surface area (Å²) in [5, 5.41) is 0.584. The second-order valence-corrected chi connectivity index (χ2v) is 8.43. The third kappa shape index (κ3) is 4.46. The molecule has 5 rings (SSSR count). The number of halogens is 3. The highest BCUT2D eigenvalue weighted by Gasteiger charge is 2.43. The molecule has 1 N–H and O–H groups in total. The van der Waals surface area contributed by atoms with E-state index < -0.39 is 18.4 Å². The second-order valence-electron chi connectivity index (χ2n) is 8.43. The highest BCUT2D eigenvalue weighted by molar-refractivity contribution is 6.22. The minimum atomic E-state index is -4.80. The molecule has 0 unspecified atom stereocenters. The summed E-state index contributed by atoms with van der Waals surface area (Å²) in [5.74, 6) is -1.23. The summed E-state index contributed by atoms with van der Waals surface area (Å²) in [6, 6.07) is 9.50. The third-order valence-electron chi connectivity index (χ3n) is 6.13. The van der Waals surface area contributed by atoms with E-state index in [0.29, 0.717) is 41.9 Å². The molecule has 2 amide bonds. The molecule has 35 heavy (non-hydrogen) atoms.